The number of nitrogens with one attached hydrogen (secondary N) is 1. The number of rotatable bonds is 5. The van der Waals surface area contributed by atoms with Crippen molar-refractivity contribution in [2.24, 2.45) is 0 Å². The molecule has 1 aromatic carbocycles. The molecular formula is C18H22N2O6. The molecule has 1 atom stereocenters. The van der Waals surface area contributed by atoms with Crippen LogP contribution in [0.5, 0.6) is 11.5 Å². The van der Waals surface area contributed by atoms with E-state index in [1.807, 2.05) is 0 Å². The standard InChI is InChI=1S/C18H22N2O6/c1-12(26-17(22)10-20-8-4-2-3-5-16(20)21)18(23)19-13-6-7-14-15(9-13)25-11-24-14/h6-7,9,12H,2-5,8,10-11H2,1H3,(H,19,23)/t12-/m1/s1. The smallest absolute Gasteiger partial charge is 0.326 e. The van der Waals surface area contributed by atoms with Crippen LogP contribution in [0, 0.1) is 0 Å². The number of amides is 2. The zero-order chi connectivity index (χ0) is 18.5. The Morgan fingerprint density at radius 3 is 2.88 bits per heavy atom. The van der Waals surface area contributed by atoms with Crippen LogP contribution >= 0.6 is 0 Å². The van der Waals surface area contributed by atoms with Crippen molar-refractivity contribution in [2.45, 2.75) is 38.7 Å². The van der Waals surface area contributed by atoms with Gasteiger partial charge in [0.1, 0.15) is 6.54 Å². The molecule has 1 N–H and O–H groups in total. The summed E-state index contributed by atoms with van der Waals surface area (Å²) in [5, 5.41) is 2.67. The predicted octanol–water partition coefficient (Wildman–Crippen LogP) is 1.69. The van der Waals surface area contributed by atoms with Crippen LogP contribution < -0.4 is 14.8 Å². The van der Waals surface area contributed by atoms with Crippen molar-refractivity contribution in [1.82, 2.24) is 4.90 Å². The molecule has 1 saturated heterocycles. The fraction of sp³-hybridized carbons (Fsp3) is 0.500. The van der Waals surface area contributed by atoms with Crippen molar-refractivity contribution < 1.29 is 28.6 Å². The third-order valence-electron chi connectivity index (χ3n) is 4.31. The number of ether oxygens (including phenoxy) is 3. The van der Waals surface area contributed by atoms with E-state index in [0.29, 0.717) is 30.2 Å². The van der Waals surface area contributed by atoms with Gasteiger partial charge in [0.2, 0.25) is 12.7 Å². The van der Waals surface area contributed by atoms with Crippen molar-refractivity contribution in [3.63, 3.8) is 0 Å². The number of esters is 1. The van der Waals surface area contributed by atoms with Gasteiger partial charge in [-0.2, -0.15) is 0 Å². The number of hydrogen-bond acceptors (Lipinski definition) is 6. The van der Waals surface area contributed by atoms with Crippen LogP contribution in [0.1, 0.15) is 32.6 Å². The number of benzene rings is 1. The number of anilines is 1. The Hall–Kier alpha value is -2.77. The van der Waals surface area contributed by atoms with Gasteiger partial charge in [0.05, 0.1) is 0 Å². The molecule has 2 heterocycles. The summed E-state index contributed by atoms with van der Waals surface area (Å²) in [5.41, 5.74) is 0.518. The number of likely N-dealkylation sites (tertiary alicyclic amines) is 1. The Morgan fingerprint density at radius 1 is 1.23 bits per heavy atom. The van der Waals surface area contributed by atoms with E-state index < -0.39 is 18.0 Å². The Balaban J connectivity index is 1.50. The molecule has 0 spiro atoms. The van der Waals surface area contributed by atoms with E-state index in [1.54, 1.807) is 18.2 Å². The highest BCUT2D eigenvalue weighted by molar-refractivity contribution is 5.95. The number of hydrogen-bond donors (Lipinski definition) is 1. The van der Waals surface area contributed by atoms with Gasteiger partial charge in [-0.3, -0.25) is 14.4 Å². The molecule has 1 aromatic rings. The fourth-order valence-corrected chi connectivity index (χ4v) is 2.87. The quantitative estimate of drug-likeness (QED) is 0.801. The molecule has 140 valence electrons. The van der Waals surface area contributed by atoms with Crippen LogP contribution in [0.15, 0.2) is 18.2 Å². The molecule has 2 aliphatic heterocycles. The third kappa shape index (κ3) is 4.44. The first-order valence-corrected chi connectivity index (χ1v) is 8.71. The number of carbonyl (C=O) groups is 3. The minimum Gasteiger partial charge on any atom is -0.454 e. The van der Waals surface area contributed by atoms with E-state index in [2.05, 4.69) is 5.32 Å². The van der Waals surface area contributed by atoms with E-state index in [0.717, 1.165) is 19.3 Å². The topological polar surface area (TPSA) is 94.2 Å². The molecule has 0 unspecified atom stereocenters. The number of fused-ring (bicyclic) bond motifs is 1. The maximum Gasteiger partial charge on any atom is 0.326 e. The molecule has 8 nitrogen and oxygen atoms in total. The maximum atomic E-state index is 12.2. The molecule has 0 radical (unpaired) electrons. The molecule has 1 fully saturated rings. The first-order valence-electron chi connectivity index (χ1n) is 8.71. The summed E-state index contributed by atoms with van der Waals surface area (Å²) in [7, 11) is 0. The molecule has 8 heteroatoms. The van der Waals surface area contributed by atoms with Gasteiger partial charge in [-0.25, -0.2) is 0 Å². The van der Waals surface area contributed by atoms with Gasteiger partial charge >= 0.3 is 5.97 Å². The summed E-state index contributed by atoms with van der Waals surface area (Å²) >= 11 is 0. The van der Waals surface area contributed by atoms with E-state index in [4.69, 9.17) is 14.2 Å². The van der Waals surface area contributed by atoms with Gasteiger partial charge in [0.25, 0.3) is 5.91 Å². The molecule has 0 aromatic heterocycles. The summed E-state index contributed by atoms with van der Waals surface area (Å²) < 4.78 is 15.6. The van der Waals surface area contributed by atoms with Crippen LogP contribution in [0.25, 0.3) is 0 Å². The summed E-state index contributed by atoms with van der Waals surface area (Å²) in [5.74, 6) is 0.0709. The van der Waals surface area contributed by atoms with E-state index in [1.165, 1.54) is 11.8 Å². The molecule has 3 rings (SSSR count). The molecule has 2 aliphatic rings. The van der Waals surface area contributed by atoms with Gasteiger partial charge in [-0.15, -0.1) is 0 Å². The Morgan fingerprint density at radius 2 is 2.04 bits per heavy atom. The second-order valence-corrected chi connectivity index (χ2v) is 6.32. The Bertz CT molecular complexity index is 705. The first kappa shape index (κ1) is 18.0. The number of carbonyl (C=O) groups excluding carboxylic acids is 3. The fourth-order valence-electron chi connectivity index (χ4n) is 2.87. The van der Waals surface area contributed by atoms with Crippen molar-refractivity contribution in [2.75, 3.05) is 25.2 Å². The van der Waals surface area contributed by atoms with Crippen molar-refractivity contribution >= 4 is 23.5 Å². The summed E-state index contributed by atoms with van der Waals surface area (Å²) in [6, 6.07) is 5.01. The SMILES string of the molecule is C[C@@H](OC(=O)CN1CCCCCC1=O)C(=O)Nc1ccc2c(c1)OCO2. The van der Waals surface area contributed by atoms with Crippen LogP contribution in [0.2, 0.25) is 0 Å². The second-order valence-electron chi connectivity index (χ2n) is 6.32. The van der Waals surface area contributed by atoms with Crippen LogP contribution in [0.3, 0.4) is 0 Å². The highest BCUT2D eigenvalue weighted by atomic mass is 16.7. The lowest BCUT2D eigenvalue weighted by Gasteiger charge is -2.20. The lowest BCUT2D eigenvalue weighted by molar-refractivity contribution is -0.156. The molecule has 26 heavy (non-hydrogen) atoms. The monoisotopic (exact) mass is 362 g/mol. The second kappa shape index (κ2) is 8.07. The van der Waals surface area contributed by atoms with Gasteiger partial charge in [0, 0.05) is 24.7 Å². The average Bonchev–Trinajstić information content (AvgIpc) is 2.98. The van der Waals surface area contributed by atoms with Crippen LogP contribution in [0.4, 0.5) is 5.69 Å². The zero-order valence-electron chi connectivity index (χ0n) is 14.7. The largest absolute Gasteiger partial charge is 0.454 e. The van der Waals surface area contributed by atoms with E-state index in [9.17, 15) is 14.4 Å². The minimum atomic E-state index is -0.977. The average molecular weight is 362 g/mol. The van der Waals surface area contributed by atoms with E-state index >= 15 is 0 Å². The van der Waals surface area contributed by atoms with Gasteiger partial charge in [0.15, 0.2) is 17.6 Å². The summed E-state index contributed by atoms with van der Waals surface area (Å²) in [6.07, 6.45) is 2.17. The summed E-state index contributed by atoms with van der Waals surface area (Å²) in [4.78, 5) is 37.7. The first-order chi connectivity index (χ1) is 12.5. The lowest BCUT2D eigenvalue weighted by Crippen LogP contribution is -2.38. The lowest BCUT2D eigenvalue weighted by atomic mass is 10.2. The molecular weight excluding hydrogens is 340 g/mol. The Labute approximate surface area is 151 Å². The highest BCUT2D eigenvalue weighted by Gasteiger charge is 2.23. The normalized spacial score (nSPS) is 17.4. The Kier molecular flexibility index (Phi) is 5.60. The van der Waals surface area contributed by atoms with Crippen molar-refractivity contribution in [1.29, 1.82) is 0 Å². The molecule has 2 amide bonds. The van der Waals surface area contributed by atoms with Crippen LogP contribution in [-0.4, -0.2) is 48.7 Å². The summed E-state index contributed by atoms with van der Waals surface area (Å²) in [6.45, 7) is 2.06. The van der Waals surface area contributed by atoms with Crippen molar-refractivity contribution in [3.8, 4) is 11.5 Å². The highest BCUT2D eigenvalue weighted by Crippen LogP contribution is 2.34. The van der Waals surface area contributed by atoms with Crippen LogP contribution in [-0.2, 0) is 19.1 Å². The van der Waals surface area contributed by atoms with E-state index in [-0.39, 0.29) is 19.2 Å². The molecule has 0 bridgehead atoms. The third-order valence-corrected chi connectivity index (χ3v) is 4.31. The van der Waals surface area contributed by atoms with Gasteiger partial charge in [-0.05, 0) is 31.9 Å². The van der Waals surface area contributed by atoms with Crippen molar-refractivity contribution in [3.05, 3.63) is 18.2 Å². The zero-order valence-corrected chi connectivity index (χ0v) is 14.7. The van der Waals surface area contributed by atoms with Gasteiger partial charge < -0.3 is 24.4 Å². The minimum absolute atomic E-state index is 0.0445. The predicted molar refractivity (Wildman–Crippen MR) is 91.8 cm³/mol. The number of nitrogens with zero attached hydrogens (tertiary/aromatic N) is 1. The van der Waals surface area contributed by atoms with Gasteiger partial charge in [-0.1, -0.05) is 6.42 Å². The molecule has 0 saturated carbocycles. The maximum absolute atomic E-state index is 12.2. The molecule has 0 aliphatic carbocycles.